The fourth-order valence-corrected chi connectivity index (χ4v) is 4.06. The number of hydrogen-bond acceptors (Lipinski definition) is 2. The van der Waals surface area contributed by atoms with Gasteiger partial charge < -0.3 is 5.32 Å². The molecule has 1 aromatic rings. The molecule has 1 saturated heterocycles. The van der Waals surface area contributed by atoms with Crippen LogP contribution >= 0.6 is 11.8 Å². The highest BCUT2D eigenvalue weighted by Crippen LogP contribution is 2.46. The summed E-state index contributed by atoms with van der Waals surface area (Å²) in [6.45, 7) is 2.16. The standard InChI is InChI=1S/C13H17F2NS/c1-13(4-3-5-17-13)12(16-2)9-6-10(14)8-11(15)7-9/h6-8,12,16H,3-5H2,1-2H3. The zero-order chi connectivity index (χ0) is 12.5. The molecule has 17 heavy (non-hydrogen) atoms. The second kappa shape index (κ2) is 4.94. The summed E-state index contributed by atoms with van der Waals surface area (Å²) in [7, 11) is 1.84. The Labute approximate surface area is 105 Å². The zero-order valence-corrected chi connectivity index (χ0v) is 10.9. The molecule has 1 nitrogen and oxygen atoms in total. The molecule has 1 aliphatic rings. The second-order valence-corrected chi connectivity index (χ2v) is 6.32. The lowest BCUT2D eigenvalue weighted by Gasteiger charge is -2.33. The van der Waals surface area contributed by atoms with Crippen molar-refractivity contribution >= 4 is 11.8 Å². The second-order valence-electron chi connectivity index (χ2n) is 4.69. The molecule has 0 aliphatic carbocycles. The van der Waals surface area contributed by atoms with Gasteiger partial charge in [-0.3, -0.25) is 0 Å². The molecule has 0 radical (unpaired) electrons. The minimum atomic E-state index is -0.508. The molecule has 2 atom stereocenters. The molecule has 0 spiro atoms. The summed E-state index contributed by atoms with van der Waals surface area (Å²) < 4.78 is 26.5. The van der Waals surface area contributed by atoms with Gasteiger partial charge in [-0.1, -0.05) is 0 Å². The maximum Gasteiger partial charge on any atom is 0.126 e. The molecule has 0 saturated carbocycles. The van der Waals surface area contributed by atoms with E-state index >= 15 is 0 Å². The molecule has 0 bridgehead atoms. The average Bonchev–Trinajstić information content (AvgIpc) is 2.65. The predicted molar refractivity (Wildman–Crippen MR) is 68.3 cm³/mol. The highest BCUT2D eigenvalue weighted by atomic mass is 32.2. The van der Waals surface area contributed by atoms with Crippen LogP contribution in [0.5, 0.6) is 0 Å². The Morgan fingerprint density at radius 2 is 1.94 bits per heavy atom. The van der Waals surface area contributed by atoms with Crippen LogP contribution < -0.4 is 5.32 Å². The molecule has 0 amide bonds. The Bertz CT molecular complexity index is 382. The van der Waals surface area contributed by atoms with Crippen molar-refractivity contribution in [1.82, 2.24) is 5.32 Å². The van der Waals surface area contributed by atoms with Gasteiger partial charge in [0, 0.05) is 16.9 Å². The Kier molecular flexibility index (Phi) is 3.73. The van der Waals surface area contributed by atoms with Gasteiger partial charge in [-0.2, -0.15) is 11.8 Å². The Morgan fingerprint density at radius 1 is 1.29 bits per heavy atom. The van der Waals surface area contributed by atoms with E-state index in [1.807, 2.05) is 18.8 Å². The molecule has 1 aliphatic heterocycles. The fraction of sp³-hybridized carbons (Fsp3) is 0.538. The lowest BCUT2D eigenvalue weighted by Crippen LogP contribution is -2.35. The Hall–Kier alpha value is -0.610. The molecule has 1 N–H and O–H groups in total. The van der Waals surface area contributed by atoms with Gasteiger partial charge in [-0.15, -0.1) is 0 Å². The van der Waals surface area contributed by atoms with Gasteiger partial charge in [-0.25, -0.2) is 8.78 Å². The fourth-order valence-electron chi connectivity index (χ4n) is 2.59. The first-order valence-electron chi connectivity index (χ1n) is 5.82. The lowest BCUT2D eigenvalue weighted by atomic mass is 9.90. The normalized spacial score (nSPS) is 26.1. The van der Waals surface area contributed by atoms with Crippen molar-refractivity contribution in [3.63, 3.8) is 0 Å². The van der Waals surface area contributed by atoms with Gasteiger partial charge in [0.05, 0.1) is 0 Å². The Morgan fingerprint density at radius 3 is 2.41 bits per heavy atom. The van der Waals surface area contributed by atoms with E-state index in [-0.39, 0.29) is 10.8 Å². The average molecular weight is 257 g/mol. The maximum atomic E-state index is 13.3. The van der Waals surface area contributed by atoms with Crippen LogP contribution in [0.15, 0.2) is 18.2 Å². The summed E-state index contributed by atoms with van der Waals surface area (Å²) in [5.41, 5.74) is 0.696. The van der Waals surface area contributed by atoms with Gasteiger partial charge in [0.1, 0.15) is 11.6 Å². The summed E-state index contributed by atoms with van der Waals surface area (Å²) in [4.78, 5) is 0. The van der Waals surface area contributed by atoms with Crippen LogP contribution in [-0.2, 0) is 0 Å². The number of hydrogen-bond donors (Lipinski definition) is 1. The largest absolute Gasteiger partial charge is 0.312 e. The van der Waals surface area contributed by atoms with Crippen molar-refractivity contribution in [1.29, 1.82) is 0 Å². The molecule has 2 rings (SSSR count). The molecule has 1 fully saturated rings. The van der Waals surface area contributed by atoms with Crippen molar-refractivity contribution < 1.29 is 8.78 Å². The maximum absolute atomic E-state index is 13.3. The van der Waals surface area contributed by atoms with Crippen LogP contribution in [-0.4, -0.2) is 17.5 Å². The zero-order valence-electron chi connectivity index (χ0n) is 10.1. The van der Waals surface area contributed by atoms with Crippen molar-refractivity contribution in [2.75, 3.05) is 12.8 Å². The molecular weight excluding hydrogens is 240 g/mol. The SMILES string of the molecule is CNC(c1cc(F)cc(F)c1)C1(C)CCCS1. The summed E-state index contributed by atoms with van der Waals surface area (Å²) in [6, 6.07) is 3.75. The van der Waals surface area contributed by atoms with E-state index in [0.29, 0.717) is 5.56 Å². The van der Waals surface area contributed by atoms with Crippen molar-refractivity contribution in [3.05, 3.63) is 35.4 Å². The summed E-state index contributed by atoms with van der Waals surface area (Å²) in [5, 5.41) is 3.20. The van der Waals surface area contributed by atoms with E-state index in [2.05, 4.69) is 12.2 Å². The van der Waals surface area contributed by atoms with Crippen LogP contribution in [0.3, 0.4) is 0 Å². The molecule has 4 heteroatoms. The van der Waals surface area contributed by atoms with Crippen LogP contribution in [0.25, 0.3) is 0 Å². The monoisotopic (exact) mass is 257 g/mol. The lowest BCUT2D eigenvalue weighted by molar-refractivity contribution is 0.436. The molecule has 0 aromatic heterocycles. The number of thioether (sulfide) groups is 1. The van der Waals surface area contributed by atoms with Crippen LogP contribution in [0, 0.1) is 11.6 Å². The predicted octanol–water partition coefficient (Wildman–Crippen LogP) is 3.51. The van der Waals surface area contributed by atoms with Crippen molar-refractivity contribution in [3.8, 4) is 0 Å². The number of benzene rings is 1. The van der Waals surface area contributed by atoms with Gasteiger partial charge in [0.15, 0.2) is 0 Å². The van der Waals surface area contributed by atoms with E-state index in [9.17, 15) is 8.78 Å². The molecule has 1 heterocycles. The molecule has 2 unspecified atom stereocenters. The molecule has 1 aromatic carbocycles. The van der Waals surface area contributed by atoms with E-state index in [4.69, 9.17) is 0 Å². The third kappa shape index (κ3) is 2.63. The van der Waals surface area contributed by atoms with E-state index in [0.717, 1.165) is 24.7 Å². The van der Waals surface area contributed by atoms with E-state index in [1.165, 1.54) is 12.1 Å². The topological polar surface area (TPSA) is 12.0 Å². The highest BCUT2D eigenvalue weighted by molar-refractivity contribution is 8.00. The minimum Gasteiger partial charge on any atom is -0.312 e. The first-order chi connectivity index (χ1) is 8.05. The number of halogens is 2. The third-order valence-corrected chi connectivity index (χ3v) is 4.96. The Balaban J connectivity index is 2.34. The minimum absolute atomic E-state index is 0.0137. The first kappa shape index (κ1) is 12.8. The molecule has 94 valence electrons. The van der Waals surface area contributed by atoms with Crippen molar-refractivity contribution in [2.24, 2.45) is 0 Å². The van der Waals surface area contributed by atoms with Gasteiger partial charge in [-0.05, 0) is 50.3 Å². The van der Waals surface area contributed by atoms with E-state index < -0.39 is 11.6 Å². The van der Waals surface area contributed by atoms with Gasteiger partial charge in [0.25, 0.3) is 0 Å². The van der Waals surface area contributed by atoms with Crippen LogP contribution in [0.1, 0.15) is 31.4 Å². The number of rotatable bonds is 3. The van der Waals surface area contributed by atoms with Gasteiger partial charge in [0.2, 0.25) is 0 Å². The third-order valence-electron chi connectivity index (χ3n) is 3.37. The molecular formula is C13H17F2NS. The highest BCUT2D eigenvalue weighted by Gasteiger charge is 2.38. The first-order valence-corrected chi connectivity index (χ1v) is 6.81. The van der Waals surface area contributed by atoms with Gasteiger partial charge >= 0.3 is 0 Å². The summed E-state index contributed by atoms with van der Waals surface area (Å²) >= 11 is 1.88. The smallest absolute Gasteiger partial charge is 0.126 e. The quantitative estimate of drug-likeness (QED) is 0.889. The summed E-state index contributed by atoms with van der Waals surface area (Å²) in [5.74, 6) is 0.102. The van der Waals surface area contributed by atoms with Crippen LogP contribution in [0.4, 0.5) is 8.78 Å². The van der Waals surface area contributed by atoms with E-state index in [1.54, 1.807) is 0 Å². The van der Waals surface area contributed by atoms with Crippen molar-refractivity contribution in [2.45, 2.75) is 30.6 Å². The van der Waals surface area contributed by atoms with Crippen LogP contribution in [0.2, 0.25) is 0 Å². The number of nitrogens with one attached hydrogen (secondary N) is 1. The summed E-state index contributed by atoms with van der Waals surface area (Å²) in [6.07, 6.45) is 2.23.